The van der Waals surface area contributed by atoms with Crippen LogP contribution in [0.3, 0.4) is 0 Å². The topological polar surface area (TPSA) is 41.6 Å². The highest BCUT2D eigenvalue weighted by atomic mass is 16.5. The molecule has 3 aliphatic heterocycles. The zero-order valence-corrected chi connectivity index (χ0v) is 8.95. The van der Waals surface area contributed by atoms with Gasteiger partial charge in [0.1, 0.15) is 0 Å². The first-order valence-electron chi connectivity index (χ1n) is 5.95. The number of likely N-dealkylation sites (tertiary alicyclic amines) is 1. The minimum atomic E-state index is 0.143. The Balaban J connectivity index is 1.68. The Kier molecular flexibility index (Phi) is 2.41. The van der Waals surface area contributed by atoms with E-state index in [1.807, 2.05) is 0 Å². The lowest BCUT2D eigenvalue weighted by atomic mass is 10.0. The van der Waals surface area contributed by atoms with Crippen molar-refractivity contribution in [3.63, 3.8) is 0 Å². The van der Waals surface area contributed by atoms with Crippen LogP contribution in [0.1, 0.15) is 12.8 Å². The molecule has 3 saturated heterocycles. The van der Waals surface area contributed by atoms with Crippen LogP contribution in [-0.2, 0) is 9.53 Å². The molecular formula is C11H18N2O2. The number of carbonyl (C=O) groups is 1. The van der Waals surface area contributed by atoms with Crippen LogP contribution in [0.4, 0.5) is 0 Å². The highest BCUT2D eigenvalue weighted by Gasteiger charge is 2.42. The summed E-state index contributed by atoms with van der Waals surface area (Å²) in [6.45, 7) is 4.45. The summed E-state index contributed by atoms with van der Waals surface area (Å²) < 4.78 is 5.29. The Labute approximate surface area is 90.0 Å². The molecule has 0 aromatic carbocycles. The van der Waals surface area contributed by atoms with Crippen molar-refractivity contribution < 1.29 is 9.53 Å². The summed E-state index contributed by atoms with van der Waals surface area (Å²) in [5.41, 5.74) is 0. The van der Waals surface area contributed by atoms with Crippen molar-refractivity contribution in [3.8, 4) is 0 Å². The van der Waals surface area contributed by atoms with Crippen molar-refractivity contribution in [2.45, 2.75) is 18.9 Å². The average molecular weight is 210 g/mol. The molecule has 1 unspecified atom stereocenters. The third-order valence-corrected chi connectivity index (χ3v) is 4.01. The molecule has 3 atom stereocenters. The summed E-state index contributed by atoms with van der Waals surface area (Å²) in [6, 6.07) is 0.470. The normalized spacial score (nSPS) is 39.7. The molecule has 0 aromatic rings. The molecule has 3 fully saturated rings. The van der Waals surface area contributed by atoms with Gasteiger partial charge in [0.2, 0.25) is 5.91 Å². The van der Waals surface area contributed by atoms with Gasteiger partial charge in [-0.2, -0.15) is 0 Å². The fraction of sp³-hybridized carbons (Fsp3) is 0.909. The van der Waals surface area contributed by atoms with Crippen LogP contribution >= 0.6 is 0 Å². The number of ether oxygens (including phenoxy) is 1. The average Bonchev–Trinajstić information content (AvgIpc) is 2.94. The minimum Gasteiger partial charge on any atom is -0.381 e. The first-order valence-corrected chi connectivity index (χ1v) is 5.95. The predicted molar refractivity (Wildman–Crippen MR) is 55.4 cm³/mol. The number of nitrogens with one attached hydrogen (secondary N) is 1. The Morgan fingerprint density at radius 1 is 1.33 bits per heavy atom. The first-order chi connectivity index (χ1) is 7.36. The molecule has 1 N–H and O–H groups in total. The van der Waals surface area contributed by atoms with E-state index in [1.165, 1.54) is 6.42 Å². The summed E-state index contributed by atoms with van der Waals surface area (Å²) in [5, 5.41) is 3.37. The number of fused-ring (bicyclic) bond motifs is 1. The molecule has 4 nitrogen and oxygen atoms in total. The van der Waals surface area contributed by atoms with E-state index in [4.69, 9.17) is 4.74 Å². The molecule has 15 heavy (non-hydrogen) atoms. The molecule has 4 heteroatoms. The van der Waals surface area contributed by atoms with Gasteiger partial charge in [-0.25, -0.2) is 0 Å². The monoisotopic (exact) mass is 210 g/mol. The summed E-state index contributed by atoms with van der Waals surface area (Å²) >= 11 is 0. The largest absolute Gasteiger partial charge is 0.381 e. The molecule has 0 radical (unpaired) electrons. The van der Waals surface area contributed by atoms with E-state index in [0.29, 0.717) is 24.5 Å². The van der Waals surface area contributed by atoms with E-state index >= 15 is 0 Å². The van der Waals surface area contributed by atoms with Gasteiger partial charge < -0.3 is 15.0 Å². The SMILES string of the molecule is O=C(C1CCOC1)N1CC[C@H]2CNC[C@H]21. The Hall–Kier alpha value is -0.610. The van der Waals surface area contributed by atoms with Crippen molar-refractivity contribution in [2.75, 3.05) is 32.8 Å². The van der Waals surface area contributed by atoms with Gasteiger partial charge >= 0.3 is 0 Å². The summed E-state index contributed by atoms with van der Waals surface area (Å²) in [5.74, 6) is 1.18. The molecule has 0 saturated carbocycles. The maximum Gasteiger partial charge on any atom is 0.228 e. The van der Waals surface area contributed by atoms with E-state index in [1.54, 1.807) is 0 Å². The molecule has 0 aromatic heterocycles. The van der Waals surface area contributed by atoms with Crippen molar-refractivity contribution in [2.24, 2.45) is 11.8 Å². The van der Waals surface area contributed by atoms with E-state index in [9.17, 15) is 4.79 Å². The molecule has 0 aliphatic carbocycles. The second-order valence-electron chi connectivity index (χ2n) is 4.87. The van der Waals surface area contributed by atoms with E-state index in [-0.39, 0.29) is 5.92 Å². The number of amides is 1. The summed E-state index contributed by atoms with van der Waals surface area (Å²) in [7, 11) is 0. The van der Waals surface area contributed by atoms with Crippen LogP contribution in [0.5, 0.6) is 0 Å². The number of rotatable bonds is 1. The lowest BCUT2D eigenvalue weighted by molar-refractivity contribution is -0.136. The number of nitrogens with zero attached hydrogens (tertiary/aromatic N) is 1. The van der Waals surface area contributed by atoms with Crippen molar-refractivity contribution in [3.05, 3.63) is 0 Å². The number of hydrogen-bond acceptors (Lipinski definition) is 3. The molecule has 0 spiro atoms. The maximum absolute atomic E-state index is 12.2. The molecule has 84 valence electrons. The van der Waals surface area contributed by atoms with Gasteiger partial charge in [0.25, 0.3) is 0 Å². The molecular weight excluding hydrogens is 192 g/mol. The summed E-state index contributed by atoms with van der Waals surface area (Å²) in [6.07, 6.45) is 2.09. The van der Waals surface area contributed by atoms with Crippen LogP contribution in [0.15, 0.2) is 0 Å². The highest BCUT2D eigenvalue weighted by Crippen LogP contribution is 2.29. The van der Waals surface area contributed by atoms with Gasteiger partial charge in [-0.15, -0.1) is 0 Å². The van der Waals surface area contributed by atoms with Gasteiger partial charge in [-0.3, -0.25) is 4.79 Å². The highest BCUT2D eigenvalue weighted by molar-refractivity contribution is 5.80. The number of hydrogen-bond donors (Lipinski definition) is 1. The van der Waals surface area contributed by atoms with Crippen molar-refractivity contribution in [1.82, 2.24) is 10.2 Å². The first kappa shape index (κ1) is 9.60. The van der Waals surface area contributed by atoms with Gasteiger partial charge in [-0.1, -0.05) is 0 Å². The molecule has 1 amide bonds. The van der Waals surface area contributed by atoms with Crippen molar-refractivity contribution in [1.29, 1.82) is 0 Å². The molecule has 0 bridgehead atoms. The fourth-order valence-corrected chi connectivity index (χ4v) is 3.09. The van der Waals surface area contributed by atoms with Crippen LogP contribution in [0.25, 0.3) is 0 Å². The lowest BCUT2D eigenvalue weighted by Gasteiger charge is -2.25. The third-order valence-electron chi connectivity index (χ3n) is 4.01. The standard InChI is InChI=1S/C11H18N2O2/c14-11(9-2-4-15-7-9)13-3-1-8-5-12-6-10(8)13/h8-10,12H,1-7H2/t8-,9?,10+/m0/s1. The quantitative estimate of drug-likeness (QED) is 0.654. The lowest BCUT2D eigenvalue weighted by Crippen LogP contribution is -2.42. The van der Waals surface area contributed by atoms with Crippen LogP contribution in [0.2, 0.25) is 0 Å². The zero-order chi connectivity index (χ0) is 10.3. The van der Waals surface area contributed by atoms with Gasteiger partial charge in [-0.05, 0) is 18.8 Å². The van der Waals surface area contributed by atoms with Crippen LogP contribution in [-0.4, -0.2) is 49.7 Å². The fourth-order valence-electron chi connectivity index (χ4n) is 3.09. The van der Waals surface area contributed by atoms with E-state index in [0.717, 1.165) is 32.7 Å². The zero-order valence-electron chi connectivity index (χ0n) is 8.95. The van der Waals surface area contributed by atoms with Crippen LogP contribution < -0.4 is 5.32 Å². The maximum atomic E-state index is 12.2. The Bertz CT molecular complexity index is 263. The Morgan fingerprint density at radius 2 is 2.27 bits per heavy atom. The van der Waals surface area contributed by atoms with Crippen LogP contribution in [0, 0.1) is 11.8 Å². The second-order valence-corrected chi connectivity index (χ2v) is 4.87. The third kappa shape index (κ3) is 1.56. The predicted octanol–water partition coefficient (Wildman–Crippen LogP) is -0.157. The van der Waals surface area contributed by atoms with Gasteiger partial charge in [0.05, 0.1) is 12.5 Å². The second kappa shape index (κ2) is 3.76. The number of carbonyl (C=O) groups excluding carboxylic acids is 1. The van der Waals surface area contributed by atoms with Crippen molar-refractivity contribution >= 4 is 5.91 Å². The minimum absolute atomic E-state index is 0.143. The molecule has 3 rings (SSSR count). The van der Waals surface area contributed by atoms with E-state index in [2.05, 4.69) is 10.2 Å². The van der Waals surface area contributed by atoms with E-state index < -0.39 is 0 Å². The summed E-state index contributed by atoms with van der Waals surface area (Å²) in [4.78, 5) is 14.3. The molecule has 3 aliphatic rings. The van der Waals surface area contributed by atoms with Gasteiger partial charge in [0.15, 0.2) is 0 Å². The Morgan fingerprint density at radius 3 is 3.07 bits per heavy atom. The van der Waals surface area contributed by atoms with Gasteiger partial charge in [0, 0.05) is 32.3 Å². The molecule has 3 heterocycles. The smallest absolute Gasteiger partial charge is 0.228 e.